The van der Waals surface area contributed by atoms with E-state index in [9.17, 15) is 18.6 Å². The molecule has 2 rings (SSSR count). The minimum absolute atomic E-state index is 0.0904. The Balaban J connectivity index is 2.10. The highest BCUT2D eigenvalue weighted by molar-refractivity contribution is 7.86. The topological polar surface area (TPSA) is 83.8 Å². The molecule has 0 bridgehead atoms. The van der Waals surface area contributed by atoms with Gasteiger partial charge in [0, 0.05) is 12.8 Å². The zero-order chi connectivity index (χ0) is 14.0. The molecule has 1 aliphatic rings. The van der Waals surface area contributed by atoms with E-state index in [0.717, 1.165) is 5.56 Å². The lowest BCUT2D eigenvalue weighted by Crippen LogP contribution is -2.35. The van der Waals surface area contributed by atoms with Crippen molar-refractivity contribution in [3.63, 3.8) is 0 Å². The molecule has 2 unspecified atom stereocenters. The third-order valence-corrected chi connectivity index (χ3v) is 4.56. The van der Waals surface area contributed by atoms with E-state index < -0.39 is 28.4 Å². The van der Waals surface area contributed by atoms with Crippen LogP contribution in [0.4, 0.5) is 0 Å². The lowest BCUT2D eigenvalue weighted by atomic mass is 9.93. The van der Waals surface area contributed by atoms with Gasteiger partial charge in [-0.15, -0.1) is 0 Å². The molecule has 0 saturated heterocycles. The SMILES string of the molecule is Cc1ccc(S(=O)(=O)OC2CC(O)CC(O)C2)cc1. The Labute approximate surface area is 113 Å². The van der Waals surface area contributed by atoms with Gasteiger partial charge in [-0.05, 0) is 25.5 Å². The Kier molecular flexibility index (Phi) is 4.25. The Bertz CT molecular complexity index is 512. The van der Waals surface area contributed by atoms with Gasteiger partial charge in [-0.1, -0.05) is 17.7 Å². The standard InChI is InChI=1S/C13H18O5S/c1-9-2-4-13(5-3-9)19(16,17)18-12-7-10(14)6-11(15)8-12/h2-5,10-12,14-15H,6-8H2,1H3. The average molecular weight is 286 g/mol. The second-order valence-electron chi connectivity index (χ2n) is 5.00. The minimum atomic E-state index is -3.85. The predicted octanol–water partition coefficient (Wildman–Crippen LogP) is 0.975. The van der Waals surface area contributed by atoms with Crippen LogP contribution in [0.15, 0.2) is 29.2 Å². The molecule has 0 amide bonds. The van der Waals surface area contributed by atoms with Crippen LogP contribution in [-0.4, -0.2) is 36.9 Å². The molecule has 2 N–H and O–H groups in total. The van der Waals surface area contributed by atoms with Gasteiger partial charge in [-0.3, -0.25) is 4.18 Å². The molecule has 0 aliphatic heterocycles. The maximum atomic E-state index is 12.0. The molecule has 0 aromatic heterocycles. The molecule has 6 heteroatoms. The van der Waals surface area contributed by atoms with E-state index in [4.69, 9.17) is 4.18 Å². The highest BCUT2D eigenvalue weighted by Gasteiger charge is 2.31. The fraction of sp³-hybridized carbons (Fsp3) is 0.538. The Morgan fingerprint density at radius 3 is 2.11 bits per heavy atom. The molecule has 5 nitrogen and oxygen atoms in total. The normalized spacial score (nSPS) is 28.3. The number of aliphatic hydroxyl groups excluding tert-OH is 2. The van der Waals surface area contributed by atoms with Crippen molar-refractivity contribution in [2.24, 2.45) is 0 Å². The summed E-state index contributed by atoms with van der Waals surface area (Å²) in [5.41, 5.74) is 0.961. The maximum absolute atomic E-state index is 12.0. The molecular weight excluding hydrogens is 268 g/mol. The molecular formula is C13H18O5S. The van der Waals surface area contributed by atoms with Gasteiger partial charge in [0.25, 0.3) is 10.1 Å². The zero-order valence-electron chi connectivity index (χ0n) is 10.7. The van der Waals surface area contributed by atoms with Crippen LogP contribution in [-0.2, 0) is 14.3 Å². The first-order chi connectivity index (χ1) is 8.87. The lowest BCUT2D eigenvalue weighted by Gasteiger charge is -2.28. The summed E-state index contributed by atoms with van der Waals surface area (Å²) in [4.78, 5) is 0.0904. The van der Waals surface area contributed by atoms with Gasteiger partial charge in [0.05, 0.1) is 23.2 Å². The van der Waals surface area contributed by atoms with E-state index in [1.54, 1.807) is 12.1 Å². The molecule has 0 radical (unpaired) electrons. The molecule has 106 valence electrons. The monoisotopic (exact) mass is 286 g/mol. The molecule has 0 heterocycles. The summed E-state index contributed by atoms with van der Waals surface area (Å²) in [6.07, 6.45) is -1.40. The van der Waals surface area contributed by atoms with Gasteiger partial charge in [-0.2, -0.15) is 8.42 Å². The molecule has 1 aromatic rings. The van der Waals surface area contributed by atoms with Crippen molar-refractivity contribution >= 4 is 10.1 Å². The van der Waals surface area contributed by atoms with Crippen LogP contribution in [0.5, 0.6) is 0 Å². The summed E-state index contributed by atoms with van der Waals surface area (Å²) in [5, 5.41) is 19.0. The van der Waals surface area contributed by atoms with E-state index in [0.29, 0.717) is 0 Å². The summed E-state index contributed by atoms with van der Waals surface area (Å²) in [5.74, 6) is 0. The first-order valence-electron chi connectivity index (χ1n) is 6.23. The van der Waals surface area contributed by atoms with E-state index in [2.05, 4.69) is 0 Å². The third-order valence-electron chi connectivity index (χ3n) is 3.19. The molecule has 1 saturated carbocycles. The van der Waals surface area contributed by atoms with Crippen molar-refractivity contribution in [1.82, 2.24) is 0 Å². The number of aryl methyl sites for hydroxylation is 1. The van der Waals surface area contributed by atoms with Crippen LogP contribution in [0.3, 0.4) is 0 Å². The summed E-state index contributed by atoms with van der Waals surface area (Å²) in [6.45, 7) is 1.87. The molecule has 19 heavy (non-hydrogen) atoms. The molecule has 1 aromatic carbocycles. The molecule has 1 aliphatic carbocycles. The van der Waals surface area contributed by atoms with E-state index in [-0.39, 0.29) is 24.2 Å². The van der Waals surface area contributed by atoms with Crippen LogP contribution in [0, 0.1) is 6.92 Å². The van der Waals surface area contributed by atoms with Crippen LogP contribution in [0.2, 0.25) is 0 Å². The third kappa shape index (κ3) is 3.76. The Hall–Kier alpha value is -0.950. The first-order valence-corrected chi connectivity index (χ1v) is 7.64. The summed E-state index contributed by atoms with van der Waals surface area (Å²) in [7, 11) is -3.85. The highest BCUT2D eigenvalue weighted by atomic mass is 32.2. The maximum Gasteiger partial charge on any atom is 0.297 e. The van der Waals surface area contributed by atoms with Gasteiger partial charge in [0.2, 0.25) is 0 Å². The molecule has 2 atom stereocenters. The summed E-state index contributed by atoms with van der Waals surface area (Å²) >= 11 is 0. The van der Waals surface area contributed by atoms with Gasteiger partial charge in [0.1, 0.15) is 0 Å². The van der Waals surface area contributed by atoms with Gasteiger partial charge in [0.15, 0.2) is 0 Å². The quantitative estimate of drug-likeness (QED) is 0.809. The highest BCUT2D eigenvalue weighted by Crippen LogP contribution is 2.25. The predicted molar refractivity (Wildman–Crippen MR) is 69.1 cm³/mol. The molecule has 1 fully saturated rings. The number of aliphatic hydroxyl groups is 2. The van der Waals surface area contributed by atoms with Gasteiger partial charge in [-0.25, -0.2) is 0 Å². The summed E-state index contributed by atoms with van der Waals surface area (Å²) in [6, 6.07) is 6.36. The lowest BCUT2D eigenvalue weighted by molar-refractivity contribution is -0.0132. The second-order valence-corrected chi connectivity index (χ2v) is 6.57. The van der Waals surface area contributed by atoms with E-state index >= 15 is 0 Å². The number of hydrogen-bond donors (Lipinski definition) is 2. The second kappa shape index (κ2) is 5.58. The van der Waals surface area contributed by atoms with Crippen LogP contribution < -0.4 is 0 Å². The van der Waals surface area contributed by atoms with Crippen molar-refractivity contribution < 1.29 is 22.8 Å². The number of rotatable bonds is 3. The van der Waals surface area contributed by atoms with Crippen LogP contribution in [0.25, 0.3) is 0 Å². The first kappa shape index (κ1) is 14.5. The largest absolute Gasteiger partial charge is 0.393 e. The minimum Gasteiger partial charge on any atom is -0.393 e. The van der Waals surface area contributed by atoms with Crippen LogP contribution >= 0.6 is 0 Å². The smallest absolute Gasteiger partial charge is 0.297 e. The van der Waals surface area contributed by atoms with Crippen LogP contribution in [0.1, 0.15) is 24.8 Å². The van der Waals surface area contributed by atoms with Gasteiger partial charge >= 0.3 is 0 Å². The Morgan fingerprint density at radius 1 is 1.05 bits per heavy atom. The van der Waals surface area contributed by atoms with Crippen molar-refractivity contribution in [2.75, 3.05) is 0 Å². The van der Waals surface area contributed by atoms with E-state index in [1.165, 1.54) is 12.1 Å². The number of hydrogen-bond acceptors (Lipinski definition) is 5. The van der Waals surface area contributed by atoms with Crippen molar-refractivity contribution in [1.29, 1.82) is 0 Å². The zero-order valence-corrected chi connectivity index (χ0v) is 11.5. The molecule has 0 spiro atoms. The van der Waals surface area contributed by atoms with Crippen molar-refractivity contribution in [3.8, 4) is 0 Å². The fourth-order valence-corrected chi connectivity index (χ4v) is 3.32. The Morgan fingerprint density at radius 2 is 1.58 bits per heavy atom. The summed E-state index contributed by atoms with van der Waals surface area (Å²) < 4.78 is 29.2. The fourth-order valence-electron chi connectivity index (χ4n) is 2.23. The van der Waals surface area contributed by atoms with Crippen molar-refractivity contribution in [2.45, 2.75) is 49.4 Å². The average Bonchev–Trinajstić information content (AvgIpc) is 2.27. The number of benzene rings is 1. The van der Waals surface area contributed by atoms with Gasteiger partial charge < -0.3 is 10.2 Å². The van der Waals surface area contributed by atoms with Crippen molar-refractivity contribution in [3.05, 3.63) is 29.8 Å². The van der Waals surface area contributed by atoms with E-state index in [1.807, 2.05) is 6.92 Å².